The number of halogens is 2. The summed E-state index contributed by atoms with van der Waals surface area (Å²) >= 11 is 5.67. The zero-order valence-corrected chi connectivity index (χ0v) is 12.0. The minimum Gasteiger partial charge on any atom is -0.398 e. The molecule has 1 heterocycles. The molecule has 0 saturated carbocycles. The van der Waals surface area contributed by atoms with Crippen molar-refractivity contribution < 1.29 is 12.8 Å². The SMILES string of the molecule is Cc1c(N)cc(S(=O)(=O)Nc2ccnc(Cl)c2)cc1F. The summed E-state index contributed by atoms with van der Waals surface area (Å²) in [5.74, 6) is -0.682. The Hall–Kier alpha value is -1.86. The predicted octanol–water partition coefficient (Wildman–Crippen LogP) is 2.57. The van der Waals surface area contributed by atoms with E-state index in [-0.39, 0.29) is 27.0 Å². The van der Waals surface area contributed by atoms with Crippen LogP contribution in [0.5, 0.6) is 0 Å². The lowest BCUT2D eigenvalue weighted by Gasteiger charge is -2.10. The van der Waals surface area contributed by atoms with Crippen molar-refractivity contribution in [2.75, 3.05) is 10.5 Å². The highest BCUT2D eigenvalue weighted by Gasteiger charge is 2.17. The first kappa shape index (κ1) is 14.5. The Morgan fingerprint density at radius 2 is 2.05 bits per heavy atom. The first-order chi connectivity index (χ1) is 9.29. The van der Waals surface area contributed by atoms with E-state index in [2.05, 4.69) is 9.71 Å². The molecule has 20 heavy (non-hydrogen) atoms. The molecule has 2 rings (SSSR count). The van der Waals surface area contributed by atoms with Crippen LogP contribution in [0.4, 0.5) is 15.8 Å². The second-order valence-corrected chi connectivity index (χ2v) is 6.16. The molecule has 0 aliphatic carbocycles. The monoisotopic (exact) mass is 315 g/mol. The lowest BCUT2D eigenvalue weighted by Crippen LogP contribution is -2.14. The van der Waals surface area contributed by atoms with Crippen LogP contribution >= 0.6 is 11.6 Å². The van der Waals surface area contributed by atoms with Crippen LogP contribution in [0, 0.1) is 12.7 Å². The first-order valence-electron chi connectivity index (χ1n) is 5.49. The van der Waals surface area contributed by atoms with E-state index in [4.69, 9.17) is 17.3 Å². The van der Waals surface area contributed by atoms with E-state index in [1.165, 1.54) is 31.3 Å². The van der Waals surface area contributed by atoms with Crippen molar-refractivity contribution >= 4 is 33.0 Å². The van der Waals surface area contributed by atoms with Crippen LogP contribution < -0.4 is 10.5 Å². The number of nitrogens with one attached hydrogen (secondary N) is 1. The maximum atomic E-state index is 13.6. The number of sulfonamides is 1. The number of hydrogen-bond acceptors (Lipinski definition) is 4. The molecule has 0 spiro atoms. The molecule has 0 aliphatic heterocycles. The van der Waals surface area contributed by atoms with Gasteiger partial charge in [0.2, 0.25) is 0 Å². The van der Waals surface area contributed by atoms with Gasteiger partial charge in [0.1, 0.15) is 11.0 Å². The standard InChI is InChI=1S/C12H11ClFN3O2S/c1-7-10(14)5-9(6-11(7)15)20(18,19)17-8-2-3-16-12(13)4-8/h2-6H,15H2,1H3,(H,16,17). The van der Waals surface area contributed by atoms with Crippen molar-refractivity contribution in [2.24, 2.45) is 0 Å². The van der Waals surface area contributed by atoms with Crippen LogP contribution in [0.2, 0.25) is 5.15 Å². The van der Waals surface area contributed by atoms with E-state index in [0.29, 0.717) is 0 Å². The summed E-state index contributed by atoms with van der Waals surface area (Å²) in [6.07, 6.45) is 1.35. The summed E-state index contributed by atoms with van der Waals surface area (Å²) in [4.78, 5) is 3.47. The zero-order chi connectivity index (χ0) is 14.9. The normalized spacial score (nSPS) is 11.3. The molecular formula is C12H11ClFN3O2S. The van der Waals surface area contributed by atoms with Crippen LogP contribution in [0.3, 0.4) is 0 Å². The molecule has 1 aromatic heterocycles. The second-order valence-electron chi connectivity index (χ2n) is 4.09. The summed E-state index contributed by atoms with van der Waals surface area (Å²) < 4.78 is 40.1. The molecule has 0 fully saturated rings. The number of pyridine rings is 1. The van der Waals surface area contributed by atoms with Crippen molar-refractivity contribution in [3.8, 4) is 0 Å². The Morgan fingerprint density at radius 3 is 2.65 bits per heavy atom. The number of hydrogen-bond donors (Lipinski definition) is 2. The fourth-order valence-electron chi connectivity index (χ4n) is 1.51. The van der Waals surface area contributed by atoms with Crippen LogP contribution in [-0.4, -0.2) is 13.4 Å². The Bertz CT molecular complexity index is 742. The lowest BCUT2D eigenvalue weighted by atomic mass is 10.2. The Kier molecular flexibility index (Phi) is 3.82. The molecule has 3 N–H and O–H groups in total. The Labute approximate surface area is 120 Å². The highest BCUT2D eigenvalue weighted by molar-refractivity contribution is 7.92. The molecule has 106 valence electrons. The number of rotatable bonds is 3. The molecular weight excluding hydrogens is 305 g/mol. The first-order valence-corrected chi connectivity index (χ1v) is 7.36. The lowest BCUT2D eigenvalue weighted by molar-refractivity contribution is 0.593. The third-order valence-electron chi connectivity index (χ3n) is 2.65. The van der Waals surface area contributed by atoms with Crippen LogP contribution in [0.1, 0.15) is 5.56 Å². The van der Waals surface area contributed by atoms with Gasteiger partial charge in [0.25, 0.3) is 10.0 Å². The molecule has 1 aromatic carbocycles. The van der Waals surface area contributed by atoms with E-state index in [9.17, 15) is 12.8 Å². The molecule has 2 aromatic rings. The molecule has 0 saturated heterocycles. The van der Waals surface area contributed by atoms with Gasteiger partial charge in [0, 0.05) is 17.4 Å². The number of nitrogen functional groups attached to an aromatic ring is 1. The number of aromatic nitrogens is 1. The van der Waals surface area contributed by atoms with Gasteiger partial charge in [0.15, 0.2) is 0 Å². The van der Waals surface area contributed by atoms with E-state index >= 15 is 0 Å². The maximum Gasteiger partial charge on any atom is 0.262 e. The van der Waals surface area contributed by atoms with E-state index < -0.39 is 15.8 Å². The molecule has 5 nitrogen and oxygen atoms in total. The Morgan fingerprint density at radius 1 is 1.35 bits per heavy atom. The smallest absolute Gasteiger partial charge is 0.262 e. The summed E-state index contributed by atoms with van der Waals surface area (Å²) in [5.41, 5.74) is 6.07. The van der Waals surface area contributed by atoms with Gasteiger partial charge in [-0.2, -0.15) is 0 Å². The highest BCUT2D eigenvalue weighted by atomic mass is 35.5. The molecule has 0 atom stereocenters. The molecule has 0 aliphatic rings. The maximum absolute atomic E-state index is 13.6. The van der Waals surface area contributed by atoms with Crippen molar-refractivity contribution in [2.45, 2.75) is 11.8 Å². The van der Waals surface area contributed by atoms with E-state index in [0.717, 1.165) is 6.07 Å². The van der Waals surface area contributed by atoms with Crippen LogP contribution in [0.25, 0.3) is 0 Å². The van der Waals surface area contributed by atoms with Gasteiger partial charge >= 0.3 is 0 Å². The number of nitrogens with zero attached hydrogens (tertiary/aromatic N) is 1. The van der Waals surface area contributed by atoms with Gasteiger partial charge in [-0.25, -0.2) is 17.8 Å². The van der Waals surface area contributed by atoms with Gasteiger partial charge < -0.3 is 5.73 Å². The molecule has 0 bridgehead atoms. The number of anilines is 2. The van der Waals surface area contributed by atoms with Gasteiger partial charge in [0.05, 0.1) is 10.6 Å². The fraction of sp³-hybridized carbons (Fsp3) is 0.0833. The summed E-state index contributed by atoms with van der Waals surface area (Å²) in [5, 5.41) is 0.139. The number of nitrogens with two attached hydrogens (primary N) is 1. The van der Waals surface area contributed by atoms with Crippen molar-refractivity contribution in [3.05, 3.63) is 47.0 Å². The second kappa shape index (κ2) is 5.26. The highest BCUT2D eigenvalue weighted by Crippen LogP contribution is 2.23. The van der Waals surface area contributed by atoms with Gasteiger partial charge in [-0.1, -0.05) is 11.6 Å². The molecule has 0 radical (unpaired) electrons. The third kappa shape index (κ3) is 3.00. The number of benzene rings is 1. The molecule has 0 amide bonds. The van der Waals surface area contributed by atoms with Gasteiger partial charge in [-0.05, 0) is 31.2 Å². The van der Waals surface area contributed by atoms with Gasteiger partial charge in [-0.3, -0.25) is 4.72 Å². The third-order valence-corrected chi connectivity index (χ3v) is 4.21. The zero-order valence-electron chi connectivity index (χ0n) is 10.4. The van der Waals surface area contributed by atoms with Crippen molar-refractivity contribution in [3.63, 3.8) is 0 Å². The van der Waals surface area contributed by atoms with Crippen molar-refractivity contribution in [1.29, 1.82) is 0 Å². The van der Waals surface area contributed by atoms with E-state index in [1.807, 2.05) is 0 Å². The fourth-order valence-corrected chi connectivity index (χ4v) is 2.78. The summed E-state index contributed by atoms with van der Waals surface area (Å²) in [7, 11) is -3.95. The van der Waals surface area contributed by atoms with Crippen LogP contribution in [-0.2, 0) is 10.0 Å². The molecule has 8 heteroatoms. The van der Waals surface area contributed by atoms with Crippen LogP contribution in [0.15, 0.2) is 35.4 Å². The quantitative estimate of drug-likeness (QED) is 0.673. The molecule has 0 unspecified atom stereocenters. The largest absolute Gasteiger partial charge is 0.398 e. The average molecular weight is 316 g/mol. The summed E-state index contributed by atoms with van der Waals surface area (Å²) in [6, 6.07) is 4.88. The minimum absolute atomic E-state index is 0.0677. The average Bonchev–Trinajstić information content (AvgIpc) is 2.34. The van der Waals surface area contributed by atoms with Crippen molar-refractivity contribution in [1.82, 2.24) is 4.98 Å². The van der Waals surface area contributed by atoms with E-state index in [1.54, 1.807) is 0 Å². The van der Waals surface area contributed by atoms with Gasteiger partial charge in [-0.15, -0.1) is 0 Å². The Balaban J connectivity index is 2.41. The minimum atomic E-state index is -3.95. The topological polar surface area (TPSA) is 85.1 Å². The summed E-state index contributed by atoms with van der Waals surface area (Å²) in [6.45, 7) is 1.47. The predicted molar refractivity (Wildman–Crippen MR) is 75.6 cm³/mol.